The number of hydrogen-bond acceptors (Lipinski definition) is 3. The molecule has 0 spiro atoms. The van der Waals surface area contributed by atoms with Crippen LogP contribution in [0.1, 0.15) is 23.6 Å². The van der Waals surface area contributed by atoms with Crippen molar-refractivity contribution in [3.05, 3.63) is 57.8 Å². The zero-order valence-electron chi connectivity index (χ0n) is 15.4. The van der Waals surface area contributed by atoms with E-state index in [2.05, 4.69) is 5.32 Å². The lowest BCUT2D eigenvalue weighted by molar-refractivity contribution is -0.143. The molecule has 30 heavy (non-hydrogen) atoms. The SMILES string of the molecule is COC1C=C(NC(C)=O)C(Cl)=CC1(C(N)=O)c1cc(C(F)(F)F)cc(C(F)(F)F)c1. The molecule has 2 amide bonds. The van der Waals surface area contributed by atoms with Crippen molar-refractivity contribution in [2.75, 3.05) is 7.11 Å². The fraction of sp³-hybridized carbons (Fsp3) is 0.333. The number of halogens is 7. The maximum Gasteiger partial charge on any atom is 0.416 e. The van der Waals surface area contributed by atoms with Crippen molar-refractivity contribution in [1.29, 1.82) is 0 Å². The quantitative estimate of drug-likeness (QED) is 0.679. The lowest BCUT2D eigenvalue weighted by Gasteiger charge is -2.37. The number of benzene rings is 1. The Labute approximate surface area is 171 Å². The molecule has 5 nitrogen and oxygen atoms in total. The number of amides is 2. The number of hydrogen-bond donors (Lipinski definition) is 2. The molecule has 0 bridgehead atoms. The van der Waals surface area contributed by atoms with Gasteiger partial charge in [-0.3, -0.25) is 9.59 Å². The van der Waals surface area contributed by atoms with Crippen LogP contribution in [0.4, 0.5) is 26.3 Å². The van der Waals surface area contributed by atoms with E-state index in [1.54, 1.807) is 0 Å². The normalized spacial score (nSPS) is 22.2. The molecule has 1 aliphatic carbocycles. The summed E-state index contributed by atoms with van der Waals surface area (Å²) in [7, 11) is 1.07. The van der Waals surface area contributed by atoms with E-state index in [4.69, 9.17) is 22.1 Å². The van der Waals surface area contributed by atoms with E-state index in [0.29, 0.717) is 12.1 Å². The fourth-order valence-electron chi connectivity index (χ4n) is 3.06. The monoisotopic (exact) mass is 456 g/mol. The van der Waals surface area contributed by atoms with Crippen LogP contribution in [0.5, 0.6) is 0 Å². The highest BCUT2D eigenvalue weighted by Crippen LogP contribution is 2.44. The van der Waals surface area contributed by atoms with Gasteiger partial charge in [-0.05, 0) is 35.9 Å². The summed E-state index contributed by atoms with van der Waals surface area (Å²) in [5.41, 5.74) is -0.922. The Bertz CT molecular complexity index is 907. The number of carbonyl (C=O) groups is 2. The van der Waals surface area contributed by atoms with Crippen molar-refractivity contribution in [1.82, 2.24) is 5.32 Å². The van der Waals surface area contributed by atoms with Crippen molar-refractivity contribution < 1.29 is 40.7 Å². The van der Waals surface area contributed by atoms with Gasteiger partial charge in [0, 0.05) is 14.0 Å². The third-order valence-electron chi connectivity index (χ3n) is 4.42. The number of allylic oxidation sites excluding steroid dienone is 1. The minimum atomic E-state index is -5.14. The fourth-order valence-corrected chi connectivity index (χ4v) is 3.34. The third kappa shape index (κ3) is 4.46. The highest BCUT2D eigenvalue weighted by Gasteiger charge is 2.49. The van der Waals surface area contributed by atoms with Gasteiger partial charge in [-0.1, -0.05) is 11.6 Å². The molecule has 1 aromatic rings. The van der Waals surface area contributed by atoms with E-state index in [0.717, 1.165) is 26.2 Å². The predicted molar refractivity (Wildman–Crippen MR) is 94.0 cm³/mol. The Morgan fingerprint density at radius 3 is 1.97 bits per heavy atom. The maximum atomic E-state index is 13.3. The van der Waals surface area contributed by atoms with Crippen LogP contribution < -0.4 is 11.1 Å². The van der Waals surface area contributed by atoms with Gasteiger partial charge in [0.25, 0.3) is 0 Å². The lowest BCUT2D eigenvalue weighted by atomic mass is 9.71. The Morgan fingerprint density at radius 2 is 1.60 bits per heavy atom. The molecule has 2 unspecified atom stereocenters. The number of carbonyl (C=O) groups excluding carboxylic acids is 2. The topological polar surface area (TPSA) is 81.4 Å². The molecule has 1 aliphatic rings. The van der Waals surface area contributed by atoms with Crippen LogP contribution in [0.3, 0.4) is 0 Å². The molecule has 0 fully saturated rings. The second-order valence-electron chi connectivity index (χ2n) is 6.44. The molecule has 12 heteroatoms. The van der Waals surface area contributed by atoms with Crippen LogP contribution in [0.25, 0.3) is 0 Å². The number of primary amides is 1. The molecule has 0 saturated heterocycles. The van der Waals surface area contributed by atoms with Gasteiger partial charge in [0.15, 0.2) is 0 Å². The Kier molecular flexibility index (Phi) is 6.29. The molecule has 0 aromatic heterocycles. The summed E-state index contributed by atoms with van der Waals surface area (Å²) in [5, 5.41) is 2.01. The number of methoxy groups -OCH3 is 1. The first-order valence-electron chi connectivity index (χ1n) is 8.13. The van der Waals surface area contributed by atoms with Crippen LogP contribution in [-0.2, 0) is 32.1 Å². The van der Waals surface area contributed by atoms with Crippen molar-refractivity contribution in [3.8, 4) is 0 Å². The Morgan fingerprint density at radius 1 is 1.10 bits per heavy atom. The van der Waals surface area contributed by atoms with E-state index >= 15 is 0 Å². The minimum absolute atomic E-state index is 0.0455. The van der Waals surface area contributed by atoms with E-state index in [1.165, 1.54) is 0 Å². The summed E-state index contributed by atoms with van der Waals surface area (Å²) in [6.07, 6.45) is -9.80. The zero-order chi connectivity index (χ0) is 23.1. The number of ether oxygens (including phenoxy) is 1. The van der Waals surface area contributed by atoms with Gasteiger partial charge in [0.2, 0.25) is 11.8 Å². The van der Waals surface area contributed by atoms with Gasteiger partial charge in [-0.2, -0.15) is 26.3 Å². The standard InChI is InChI=1S/C18H15ClF6N2O3/c1-8(28)27-13-6-14(30-2)16(15(26)29,7-12(13)19)9-3-10(17(20,21)22)5-11(4-9)18(23,24)25/h3-7,14H,1-2H3,(H2,26,29)(H,27,28). The van der Waals surface area contributed by atoms with E-state index in [1.807, 2.05) is 0 Å². The van der Waals surface area contributed by atoms with Crippen LogP contribution >= 0.6 is 11.6 Å². The van der Waals surface area contributed by atoms with Gasteiger partial charge < -0.3 is 15.8 Å². The molecule has 0 saturated carbocycles. The van der Waals surface area contributed by atoms with Crippen molar-refractivity contribution in [2.45, 2.75) is 30.8 Å². The molecule has 1 aromatic carbocycles. The summed E-state index contributed by atoms with van der Waals surface area (Å²) >= 11 is 6.06. The van der Waals surface area contributed by atoms with Gasteiger partial charge >= 0.3 is 12.4 Å². The number of nitrogens with one attached hydrogen (secondary N) is 1. The van der Waals surface area contributed by atoms with Crippen molar-refractivity contribution in [3.63, 3.8) is 0 Å². The summed E-state index contributed by atoms with van der Waals surface area (Å²) < 4.78 is 84.8. The Balaban J connectivity index is 2.84. The number of nitrogens with two attached hydrogens (primary N) is 1. The van der Waals surface area contributed by atoms with Crippen LogP contribution in [-0.4, -0.2) is 25.0 Å². The largest absolute Gasteiger partial charge is 0.416 e. The smallest absolute Gasteiger partial charge is 0.375 e. The van der Waals surface area contributed by atoms with Crippen molar-refractivity contribution in [2.24, 2.45) is 5.73 Å². The first-order valence-corrected chi connectivity index (χ1v) is 8.51. The molecule has 0 radical (unpaired) electrons. The molecular formula is C18H15ClF6N2O3. The third-order valence-corrected chi connectivity index (χ3v) is 4.73. The van der Waals surface area contributed by atoms with Gasteiger partial charge in [-0.25, -0.2) is 0 Å². The van der Waals surface area contributed by atoms with E-state index in [-0.39, 0.29) is 16.8 Å². The molecule has 0 heterocycles. The maximum absolute atomic E-state index is 13.3. The Hall–Kier alpha value is -2.53. The van der Waals surface area contributed by atoms with Crippen LogP contribution in [0.2, 0.25) is 0 Å². The average Bonchev–Trinajstić information content (AvgIpc) is 2.60. The zero-order valence-corrected chi connectivity index (χ0v) is 16.2. The van der Waals surface area contributed by atoms with Crippen molar-refractivity contribution >= 4 is 23.4 Å². The summed E-state index contributed by atoms with van der Waals surface area (Å²) in [4.78, 5) is 23.7. The van der Waals surface area contributed by atoms with Gasteiger partial charge in [0.1, 0.15) is 5.41 Å². The first kappa shape index (κ1) is 23.7. The molecule has 2 atom stereocenters. The highest BCUT2D eigenvalue weighted by molar-refractivity contribution is 6.32. The van der Waals surface area contributed by atoms with E-state index in [9.17, 15) is 35.9 Å². The molecule has 164 valence electrons. The van der Waals surface area contributed by atoms with E-state index < -0.39 is 52.4 Å². The van der Waals surface area contributed by atoms with Crippen LogP contribution in [0, 0.1) is 0 Å². The summed E-state index contributed by atoms with van der Waals surface area (Å²) in [6.45, 7) is 1.14. The first-order chi connectivity index (χ1) is 13.6. The van der Waals surface area contributed by atoms with Crippen LogP contribution in [0.15, 0.2) is 41.1 Å². The van der Waals surface area contributed by atoms with Gasteiger partial charge in [0.05, 0.1) is 28.0 Å². The molecule has 2 rings (SSSR count). The molecule has 3 N–H and O–H groups in total. The highest BCUT2D eigenvalue weighted by atomic mass is 35.5. The minimum Gasteiger partial charge on any atom is -0.375 e. The summed E-state index contributed by atoms with van der Waals surface area (Å²) in [5.74, 6) is -1.87. The average molecular weight is 457 g/mol. The second kappa shape index (κ2) is 7.95. The summed E-state index contributed by atoms with van der Waals surface area (Å²) in [6, 6.07) is 0.681. The second-order valence-corrected chi connectivity index (χ2v) is 6.85. The molecular weight excluding hydrogens is 442 g/mol. The van der Waals surface area contributed by atoms with Gasteiger partial charge in [-0.15, -0.1) is 0 Å². The number of rotatable bonds is 4. The predicted octanol–water partition coefficient (Wildman–Crippen LogP) is 3.62. The number of alkyl halides is 6. The lowest BCUT2D eigenvalue weighted by Crippen LogP contribution is -2.51. The molecule has 0 aliphatic heterocycles.